The number of allylic oxidation sites excluding steroid dienone is 1. The van der Waals surface area contributed by atoms with Gasteiger partial charge in [0.15, 0.2) is 17.3 Å². The number of nitrogens with zero attached hydrogens (tertiary/aromatic N) is 2. The van der Waals surface area contributed by atoms with Crippen LogP contribution in [-0.4, -0.2) is 55.8 Å². The summed E-state index contributed by atoms with van der Waals surface area (Å²) in [4.78, 5) is 41.5. The number of amides is 2. The first-order chi connectivity index (χ1) is 38.1. The summed E-state index contributed by atoms with van der Waals surface area (Å²) >= 11 is 6.99. The van der Waals surface area contributed by atoms with Crippen molar-refractivity contribution in [3.05, 3.63) is 213 Å². The van der Waals surface area contributed by atoms with Crippen molar-refractivity contribution in [3.8, 4) is 45.9 Å². The van der Waals surface area contributed by atoms with Crippen LogP contribution in [0.5, 0.6) is 28.7 Å². The Morgan fingerprint density at radius 3 is 2.23 bits per heavy atom. The van der Waals surface area contributed by atoms with Crippen LogP contribution in [0.15, 0.2) is 158 Å². The van der Waals surface area contributed by atoms with Crippen LogP contribution in [0.4, 0.5) is 0 Å². The lowest BCUT2D eigenvalue weighted by molar-refractivity contribution is -0.127. The smallest absolute Gasteiger partial charge is 0.237 e. The van der Waals surface area contributed by atoms with Gasteiger partial charge in [-0.3, -0.25) is 19.3 Å². The highest BCUT2D eigenvalue weighted by molar-refractivity contribution is 6.32. The number of hydrogen-bond donors (Lipinski definition) is 2. The first-order valence-corrected chi connectivity index (χ1v) is 26.7. The molecular formula is C65H65ClN4O8. The molecule has 2 amide bonds. The average Bonchev–Trinajstić information content (AvgIpc) is 3.48. The van der Waals surface area contributed by atoms with E-state index in [1.165, 1.54) is 6.08 Å². The van der Waals surface area contributed by atoms with E-state index in [1.807, 2.05) is 97.1 Å². The Morgan fingerprint density at radius 2 is 1.45 bits per heavy atom. The van der Waals surface area contributed by atoms with E-state index >= 15 is 0 Å². The second kappa shape index (κ2) is 28.1. The fourth-order valence-corrected chi connectivity index (χ4v) is 9.57. The number of halogens is 1. The van der Waals surface area contributed by atoms with E-state index in [0.717, 1.165) is 75.9 Å². The number of piperidine rings is 1. The van der Waals surface area contributed by atoms with Crippen LogP contribution in [0.2, 0.25) is 5.02 Å². The Bertz CT molecular complexity index is 3230. The maximum atomic E-state index is 13.8. The minimum Gasteiger partial charge on any atom is -0.497 e. The lowest BCUT2D eigenvalue weighted by Gasteiger charge is -2.35. The summed E-state index contributed by atoms with van der Waals surface area (Å²) in [5.41, 5.74) is 9.93. The number of nitrogens with one attached hydrogen (secondary N) is 2. The second-order valence-electron chi connectivity index (χ2n) is 19.2. The number of carbonyl (C=O) groups is 3. The fraction of sp³-hybridized carbons (Fsp3) is 0.262. The summed E-state index contributed by atoms with van der Waals surface area (Å²) in [7, 11) is 3.16. The number of nitriles is 1. The van der Waals surface area contributed by atoms with Gasteiger partial charge in [0.05, 0.1) is 36.9 Å². The molecule has 78 heavy (non-hydrogen) atoms. The van der Waals surface area contributed by atoms with Crippen LogP contribution in [-0.2, 0) is 42.5 Å². The van der Waals surface area contributed by atoms with Crippen molar-refractivity contribution in [3.63, 3.8) is 0 Å². The Hall–Kier alpha value is -8.37. The number of unbranched alkanes of at least 4 members (excludes halogenated alkanes) is 1. The number of benzene rings is 7. The van der Waals surface area contributed by atoms with Crippen LogP contribution < -0.4 is 34.3 Å². The third-order valence-corrected chi connectivity index (χ3v) is 14.1. The summed E-state index contributed by atoms with van der Waals surface area (Å²) in [6, 6.07) is 49.7. The fourth-order valence-electron chi connectivity index (χ4n) is 9.33. The highest BCUT2D eigenvalue weighted by Gasteiger charge is 2.30. The van der Waals surface area contributed by atoms with Crippen molar-refractivity contribution in [2.75, 3.05) is 27.3 Å². The molecular weight excluding hydrogens is 1000 g/mol. The van der Waals surface area contributed by atoms with E-state index in [2.05, 4.69) is 52.8 Å². The molecule has 0 aromatic heterocycles. The minimum absolute atomic E-state index is 0.0383. The molecule has 12 nitrogen and oxygen atoms in total. The van der Waals surface area contributed by atoms with Crippen molar-refractivity contribution in [2.24, 2.45) is 0 Å². The number of ketones is 1. The predicted octanol–water partition coefficient (Wildman–Crippen LogP) is 12.8. The van der Waals surface area contributed by atoms with Gasteiger partial charge in [0.1, 0.15) is 37.1 Å². The van der Waals surface area contributed by atoms with Crippen LogP contribution in [0.3, 0.4) is 0 Å². The number of hydrogen-bond acceptors (Lipinski definition) is 10. The lowest BCUT2D eigenvalue weighted by Crippen LogP contribution is -2.49. The topological polar surface area (TPSA) is 148 Å². The molecule has 7 aromatic rings. The zero-order valence-corrected chi connectivity index (χ0v) is 45.2. The van der Waals surface area contributed by atoms with Crippen LogP contribution >= 0.6 is 11.6 Å². The molecule has 0 aliphatic carbocycles. The van der Waals surface area contributed by atoms with E-state index in [9.17, 15) is 19.6 Å². The van der Waals surface area contributed by atoms with Crippen molar-refractivity contribution in [2.45, 2.75) is 84.4 Å². The zero-order chi connectivity index (χ0) is 54.6. The van der Waals surface area contributed by atoms with Gasteiger partial charge in [0, 0.05) is 43.2 Å². The Balaban J connectivity index is 0.789. The monoisotopic (exact) mass is 1060 g/mol. The van der Waals surface area contributed by atoms with Crippen LogP contribution in [0.25, 0.3) is 17.2 Å². The standard InChI is InChI=1S/C65H65ClN4O8/c1-45-53(17-12-18-56(45)51-15-5-4-6-16-51)44-78-62-38-61(77-43-50-14-11-13-49(35-50)39-67)54(37-57(62)66)41-70-34-10-8-19-58(70)65(73)68-33-9-7-20-64(72)69-40-47-21-23-48(24-22-47)42-76-60-32-26-46(36-63(60)75-3)25-31-59(71)52-27-29-55(74-2)30-28-52/h4-6,11-18,21-32,35-38,58H,7-10,19-20,33-34,40-44H2,1-3H3,(H,68,73)(H,69,72)/b31-25+. The molecule has 7 aromatic carbocycles. The van der Waals surface area contributed by atoms with Crippen molar-refractivity contribution < 1.29 is 38.1 Å². The van der Waals surface area contributed by atoms with Crippen molar-refractivity contribution in [1.29, 1.82) is 5.26 Å². The van der Waals surface area contributed by atoms with Gasteiger partial charge < -0.3 is 34.3 Å². The second-order valence-corrected chi connectivity index (χ2v) is 19.6. The minimum atomic E-state index is -0.344. The van der Waals surface area contributed by atoms with Gasteiger partial charge in [0.25, 0.3) is 0 Å². The molecule has 8 rings (SSSR count). The van der Waals surface area contributed by atoms with Gasteiger partial charge >= 0.3 is 0 Å². The molecule has 13 heteroatoms. The Morgan fingerprint density at radius 1 is 0.692 bits per heavy atom. The van der Waals surface area contributed by atoms with Gasteiger partial charge in [-0.2, -0.15) is 5.26 Å². The number of ether oxygens (including phenoxy) is 5. The molecule has 1 heterocycles. The van der Waals surface area contributed by atoms with E-state index in [4.69, 9.17) is 35.3 Å². The molecule has 0 radical (unpaired) electrons. The van der Waals surface area contributed by atoms with Gasteiger partial charge in [-0.05, 0) is 144 Å². The molecule has 1 unspecified atom stereocenters. The van der Waals surface area contributed by atoms with Crippen molar-refractivity contribution in [1.82, 2.24) is 15.5 Å². The number of methoxy groups -OCH3 is 2. The Kier molecular flexibility index (Phi) is 20.1. The molecule has 1 aliphatic rings. The van der Waals surface area contributed by atoms with E-state index in [0.29, 0.717) is 97.0 Å². The maximum absolute atomic E-state index is 13.8. The number of carbonyl (C=O) groups excluding carboxylic acids is 3. The largest absolute Gasteiger partial charge is 0.497 e. The highest BCUT2D eigenvalue weighted by Crippen LogP contribution is 2.37. The quantitative estimate of drug-likeness (QED) is 0.0322. The first-order valence-electron chi connectivity index (χ1n) is 26.3. The third kappa shape index (κ3) is 15.6. The maximum Gasteiger partial charge on any atom is 0.237 e. The predicted molar refractivity (Wildman–Crippen MR) is 305 cm³/mol. The van der Waals surface area contributed by atoms with Gasteiger partial charge in [-0.15, -0.1) is 0 Å². The molecule has 0 bridgehead atoms. The summed E-state index contributed by atoms with van der Waals surface area (Å²) in [6.07, 6.45) is 7.50. The molecule has 0 saturated carbocycles. The van der Waals surface area contributed by atoms with Gasteiger partial charge in [-0.1, -0.05) is 115 Å². The van der Waals surface area contributed by atoms with Crippen LogP contribution in [0.1, 0.15) is 93.4 Å². The van der Waals surface area contributed by atoms with Crippen molar-refractivity contribution >= 4 is 35.3 Å². The number of rotatable bonds is 25. The summed E-state index contributed by atoms with van der Waals surface area (Å²) < 4.78 is 29.8. The lowest BCUT2D eigenvalue weighted by atomic mass is 9.97. The van der Waals surface area contributed by atoms with Gasteiger partial charge in [-0.25, -0.2) is 0 Å². The molecule has 1 saturated heterocycles. The average molecular weight is 1070 g/mol. The number of likely N-dealkylation sites (tertiary alicyclic amines) is 1. The molecule has 1 fully saturated rings. The summed E-state index contributed by atoms with van der Waals surface area (Å²) in [5.74, 6) is 2.66. The van der Waals surface area contributed by atoms with E-state index < -0.39 is 0 Å². The molecule has 2 N–H and O–H groups in total. The summed E-state index contributed by atoms with van der Waals surface area (Å²) in [6.45, 7) is 4.95. The zero-order valence-electron chi connectivity index (χ0n) is 44.4. The van der Waals surface area contributed by atoms with Gasteiger partial charge in [0.2, 0.25) is 11.8 Å². The molecule has 1 aliphatic heterocycles. The van der Waals surface area contributed by atoms with Crippen LogP contribution in [0, 0.1) is 18.3 Å². The first kappa shape index (κ1) is 55.9. The molecule has 400 valence electrons. The normalized spacial score (nSPS) is 13.3. The molecule has 0 spiro atoms. The summed E-state index contributed by atoms with van der Waals surface area (Å²) in [5, 5.41) is 16.1. The van der Waals surface area contributed by atoms with E-state index in [-0.39, 0.29) is 30.2 Å². The Labute approximate surface area is 462 Å². The molecule has 1 atom stereocenters. The third-order valence-electron chi connectivity index (χ3n) is 13.8. The highest BCUT2D eigenvalue weighted by atomic mass is 35.5. The van der Waals surface area contributed by atoms with E-state index in [1.54, 1.807) is 50.6 Å². The SMILES string of the molecule is COc1ccc(C(=O)/C=C/c2ccc(OCc3ccc(CNC(=O)CCCCNC(=O)C4CCCCN4Cc4cc(Cl)c(OCc5cccc(-c6ccccc6)c5C)cc4OCc4cccc(C#N)c4)cc3)c(OC)c2)cc1.